The number of hydrogen-bond donors (Lipinski definition) is 1. The predicted molar refractivity (Wildman–Crippen MR) is 70.7 cm³/mol. The third-order valence-electron chi connectivity index (χ3n) is 2.52. The van der Waals surface area contributed by atoms with Crippen LogP contribution in [-0.4, -0.2) is 28.6 Å². The minimum atomic E-state index is -0.437. The summed E-state index contributed by atoms with van der Waals surface area (Å²) in [5.41, 5.74) is 0.826. The molecule has 0 unspecified atom stereocenters. The van der Waals surface area contributed by atoms with Crippen LogP contribution in [0.3, 0.4) is 0 Å². The summed E-state index contributed by atoms with van der Waals surface area (Å²) >= 11 is 0. The number of ether oxygens (including phenoxy) is 1. The Hall–Kier alpha value is -2.24. The van der Waals surface area contributed by atoms with Crippen molar-refractivity contribution >= 4 is 5.82 Å². The Bertz CT molecular complexity index is 589. The van der Waals surface area contributed by atoms with Gasteiger partial charge in [0.25, 0.3) is 0 Å². The summed E-state index contributed by atoms with van der Waals surface area (Å²) in [6.45, 7) is 4.06. The van der Waals surface area contributed by atoms with Gasteiger partial charge in [0.05, 0.1) is 12.8 Å². The van der Waals surface area contributed by atoms with Gasteiger partial charge in [-0.25, -0.2) is 19.3 Å². The van der Waals surface area contributed by atoms with Crippen LogP contribution in [-0.2, 0) is 0 Å². The van der Waals surface area contributed by atoms with Crippen molar-refractivity contribution in [2.24, 2.45) is 0 Å². The molecule has 5 nitrogen and oxygen atoms in total. The van der Waals surface area contributed by atoms with Crippen molar-refractivity contribution < 1.29 is 9.13 Å². The van der Waals surface area contributed by atoms with E-state index < -0.39 is 5.82 Å². The van der Waals surface area contributed by atoms with Gasteiger partial charge in [0.1, 0.15) is 5.69 Å². The molecule has 0 radical (unpaired) electrons. The largest absolute Gasteiger partial charge is 0.481 e. The smallest absolute Gasteiger partial charge is 0.213 e. The van der Waals surface area contributed by atoms with Crippen molar-refractivity contribution in [3.8, 4) is 17.4 Å². The van der Waals surface area contributed by atoms with Crippen molar-refractivity contribution in [3.63, 3.8) is 0 Å². The predicted octanol–water partition coefficient (Wildman–Crippen LogP) is 2.43. The van der Waals surface area contributed by atoms with E-state index in [0.29, 0.717) is 23.9 Å². The van der Waals surface area contributed by atoms with E-state index >= 15 is 0 Å². The van der Waals surface area contributed by atoms with Gasteiger partial charge >= 0.3 is 0 Å². The number of nitrogens with one attached hydrogen (secondary N) is 1. The average Bonchev–Trinajstić information content (AvgIpc) is 2.44. The fourth-order valence-corrected chi connectivity index (χ4v) is 1.61. The number of rotatable bonds is 4. The summed E-state index contributed by atoms with van der Waals surface area (Å²) in [4.78, 5) is 12.5. The fraction of sp³-hybridized carbons (Fsp3) is 0.308. The highest BCUT2D eigenvalue weighted by molar-refractivity contribution is 5.54. The lowest BCUT2D eigenvalue weighted by Gasteiger charge is -2.08. The van der Waals surface area contributed by atoms with E-state index in [2.05, 4.69) is 20.3 Å². The minimum absolute atomic E-state index is 0.189. The highest BCUT2D eigenvalue weighted by Crippen LogP contribution is 2.21. The summed E-state index contributed by atoms with van der Waals surface area (Å²) in [6, 6.07) is 5.27. The van der Waals surface area contributed by atoms with E-state index in [4.69, 9.17) is 4.74 Å². The van der Waals surface area contributed by atoms with Crippen LogP contribution in [0.1, 0.15) is 12.6 Å². The molecule has 0 saturated heterocycles. The second-order valence-electron chi connectivity index (χ2n) is 3.89. The molecule has 2 rings (SSSR count). The first-order chi connectivity index (χ1) is 9.15. The number of methoxy groups -OCH3 is 1. The highest BCUT2D eigenvalue weighted by Gasteiger charge is 2.13. The zero-order valence-corrected chi connectivity index (χ0v) is 11.1. The van der Waals surface area contributed by atoms with Crippen LogP contribution in [0.4, 0.5) is 10.2 Å². The molecule has 0 spiro atoms. The molecule has 0 aliphatic rings. The van der Waals surface area contributed by atoms with Crippen LogP contribution in [0.5, 0.6) is 5.88 Å². The van der Waals surface area contributed by atoms with Gasteiger partial charge < -0.3 is 10.1 Å². The Labute approximate surface area is 110 Å². The average molecular weight is 262 g/mol. The van der Waals surface area contributed by atoms with E-state index in [0.717, 1.165) is 0 Å². The van der Waals surface area contributed by atoms with Crippen molar-refractivity contribution in [2.45, 2.75) is 13.8 Å². The Morgan fingerprint density at radius 1 is 1.26 bits per heavy atom. The first-order valence-corrected chi connectivity index (χ1v) is 5.95. The van der Waals surface area contributed by atoms with Crippen molar-refractivity contribution in [1.82, 2.24) is 15.0 Å². The first-order valence-electron chi connectivity index (χ1n) is 5.95. The monoisotopic (exact) mass is 262 g/mol. The SMILES string of the molecule is CCNc1nc(-c2cccc(OC)n2)nc(C)c1F. The summed E-state index contributed by atoms with van der Waals surface area (Å²) in [7, 11) is 1.53. The van der Waals surface area contributed by atoms with Crippen molar-refractivity contribution in [3.05, 3.63) is 29.7 Å². The standard InChI is InChI=1S/C13H15FN4O/c1-4-15-13-11(14)8(2)16-12(18-13)9-6-5-7-10(17-9)19-3/h5-7H,4H2,1-3H3,(H,15,16,18). The Morgan fingerprint density at radius 2 is 2.05 bits per heavy atom. The number of anilines is 1. The van der Waals surface area contributed by atoms with Gasteiger partial charge in [0, 0.05) is 12.6 Å². The van der Waals surface area contributed by atoms with Crippen LogP contribution < -0.4 is 10.1 Å². The number of aromatic nitrogens is 3. The Morgan fingerprint density at radius 3 is 2.74 bits per heavy atom. The second kappa shape index (κ2) is 5.60. The maximum Gasteiger partial charge on any atom is 0.213 e. The van der Waals surface area contributed by atoms with E-state index in [-0.39, 0.29) is 11.5 Å². The Kier molecular flexibility index (Phi) is 3.89. The van der Waals surface area contributed by atoms with Gasteiger partial charge in [-0.1, -0.05) is 6.07 Å². The van der Waals surface area contributed by atoms with E-state index in [9.17, 15) is 4.39 Å². The lowest BCUT2D eigenvalue weighted by Crippen LogP contribution is -2.07. The second-order valence-corrected chi connectivity index (χ2v) is 3.89. The molecule has 1 N–H and O–H groups in total. The van der Waals surface area contributed by atoms with Crippen LogP contribution >= 0.6 is 0 Å². The van der Waals surface area contributed by atoms with Crippen LogP contribution in [0.15, 0.2) is 18.2 Å². The third-order valence-corrected chi connectivity index (χ3v) is 2.52. The summed E-state index contributed by atoms with van der Waals surface area (Å²) in [5.74, 6) is 0.588. The Balaban J connectivity index is 2.49. The summed E-state index contributed by atoms with van der Waals surface area (Å²) in [5, 5.41) is 2.87. The maximum atomic E-state index is 13.8. The molecule has 2 heterocycles. The molecular formula is C13H15FN4O. The zero-order valence-electron chi connectivity index (χ0n) is 11.1. The zero-order chi connectivity index (χ0) is 13.8. The van der Waals surface area contributed by atoms with Crippen LogP contribution in [0.25, 0.3) is 11.5 Å². The molecule has 2 aromatic rings. The summed E-state index contributed by atoms with van der Waals surface area (Å²) in [6.07, 6.45) is 0. The van der Waals surface area contributed by atoms with Crippen molar-refractivity contribution in [2.75, 3.05) is 19.0 Å². The fourth-order valence-electron chi connectivity index (χ4n) is 1.61. The number of hydrogen-bond acceptors (Lipinski definition) is 5. The molecule has 0 aliphatic heterocycles. The third kappa shape index (κ3) is 2.78. The van der Waals surface area contributed by atoms with E-state index in [1.54, 1.807) is 25.1 Å². The molecule has 0 amide bonds. The molecule has 100 valence electrons. The van der Waals surface area contributed by atoms with Gasteiger partial charge in [0.15, 0.2) is 17.5 Å². The lowest BCUT2D eigenvalue weighted by atomic mass is 10.3. The van der Waals surface area contributed by atoms with Gasteiger partial charge in [-0.2, -0.15) is 0 Å². The highest BCUT2D eigenvalue weighted by atomic mass is 19.1. The molecule has 0 atom stereocenters. The molecule has 0 aromatic carbocycles. The molecule has 19 heavy (non-hydrogen) atoms. The molecule has 0 bridgehead atoms. The maximum absolute atomic E-state index is 13.8. The normalized spacial score (nSPS) is 10.3. The summed E-state index contributed by atoms with van der Waals surface area (Å²) < 4.78 is 18.8. The molecule has 0 saturated carbocycles. The van der Waals surface area contributed by atoms with Crippen LogP contribution in [0, 0.1) is 12.7 Å². The molecule has 2 aromatic heterocycles. The first kappa shape index (κ1) is 13.2. The molecule has 0 fully saturated rings. The van der Waals surface area contributed by atoms with Gasteiger partial charge in [-0.3, -0.25) is 0 Å². The molecule has 6 heteroatoms. The minimum Gasteiger partial charge on any atom is -0.481 e. The van der Waals surface area contributed by atoms with Gasteiger partial charge in [-0.05, 0) is 19.9 Å². The number of pyridine rings is 1. The lowest BCUT2D eigenvalue weighted by molar-refractivity contribution is 0.398. The number of aryl methyl sites for hydroxylation is 1. The van der Waals surface area contributed by atoms with E-state index in [1.165, 1.54) is 7.11 Å². The number of halogens is 1. The molecular weight excluding hydrogens is 247 g/mol. The molecule has 0 aliphatic carbocycles. The topological polar surface area (TPSA) is 59.9 Å². The number of nitrogens with zero attached hydrogens (tertiary/aromatic N) is 3. The quantitative estimate of drug-likeness (QED) is 0.917. The van der Waals surface area contributed by atoms with Crippen molar-refractivity contribution in [1.29, 1.82) is 0 Å². The van der Waals surface area contributed by atoms with Gasteiger partial charge in [-0.15, -0.1) is 0 Å². The van der Waals surface area contributed by atoms with E-state index in [1.807, 2.05) is 6.92 Å². The van der Waals surface area contributed by atoms with Crippen LogP contribution in [0.2, 0.25) is 0 Å². The van der Waals surface area contributed by atoms with Gasteiger partial charge in [0.2, 0.25) is 5.88 Å².